The first kappa shape index (κ1) is 13.6. The summed E-state index contributed by atoms with van der Waals surface area (Å²) < 4.78 is 0.390. The Morgan fingerprint density at radius 2 is 1.24 bits per heavy atom. The minimum Gasteiger partial charge on any atom is -0.251 e. The molecule has 0 aliphatic heterocycles. The summed E-state index contributed by atoms with van der Waals surface area (Å²) in [6.07, 6.45) is 0. The van der Waals surface area contributed by atoms with Gasteiger partial charge in [-0.3, -0.25) is 5.10 Å². The Morgan fingerprint density at radius 1 is 0.762 bits per heavy atom. The molecule has 0 aliphatic rings. The second-order valence-corrected chi connectivity index (χ2v) is 5.46. The van der Waals surface area contributed by atoms with E-state index < -0.39 is 0 Å². The van der Waals surface area contributed by atoms with E-state index in [-0.39, 0.29) is 0 Å². The standard InChI is InChI=1S/C17H15N3S/c1-11-3-7-13(8-4-11)15-16(19-20-17(21)18-15)14-9-5-12(2)6-10-14/h3-10H,1-2H3,(H,18,20,21). The maximum absolute atomic E-state index is 5.13. The lowest BCUT2D eigenvalue weighted by Gasteiger charge is -2.08. The summed E-state index contributed by atoms with van der Waals surface area (Å²) in [6.45, 7) is 4.13. The van der Waals surface area contributed by atoms with E-state index in [2.05, 4.69) is 53.3 Å². The lowest BCUT2D eigenvalue weighted by molar-refractivity contribution is 0.960. The number of hydrogen-bond donors (Lipinski definition) is 1. The van der Waals surface area contributed by atoms with Crippen LogP contribution >= 0.6 is 12.2 Å². The van der Waals surface area contributed by atoms with Gasteiger partial charge in [0.05, 0.1) is 0 Å². The van der Waals surface area contributed by atoms with Gasteiger partial charge in [0.15, 0.2) is 0 Å². The molecular formula is C17H15N3S. The zero-order chi connectivity index (χ0) is 14.8. The Kier molecular flexibility index (Phi) is 3.62. The minimum atomic E-state index is 0.390. The van der Waals surface area contributed by atoms with Gasteiger partial charge in [0.25, 0.3) is 0 Å². The first-order valence-electron chi connectivity index (χ1n) is 6.74. The molecular weight excluding hydrogens is 278 g/mol. The van der Waals surface area contributed by atoms with E-state index in [1.807, 2.05) is 24.3 Å². The highest BCUT2D eigenvalue weighted by Crippen LogP contribution is 2.28. The number of benzene rings is 2. The van der Waals surface area contributed by atoms with Crippen molar-refractivity contribution < 1.29 is 0 Å². The number of H-pyrrole nitrogens is 1. The molecule has 2 aromatic carbocycles. The molecule has 0 radical (unpaired) electrons. The molecule has 0 aliphatic carbocycles. The van der Waals surface area contributed by atoms with Crippen LogP contribution in [0.2, 0.25) is 0 Å². The fraction of sp³-hybridized carbons (Fsp3) is 0.118. The molecule has 1 heterocycles. The van der Waals surface area contributed by atoms with Crippen molar-refractivity contribution in [1.29, 1.82) is 0 Å². The molecule has 0 amide bonds. The summed E-state index contributed by atoms with van der Waals surface area (Å²) in [5, 5.41) is 7.17. The molecule has 0 saturated heterocycles. The third-order valence-electron chi connectivity index (χ3n) is 3.35. The number of rotatable bonds is 2. The fourth-order valence-corrected chi connectivity index (χ4v) is 2.30. The summed E-state index contributed by atoms with van der Waals surface area (Å²) in [4.78, 5) is 4.47. The lowest BCUT2D eigenvalue weighted by atomic mass is 10.0. The number of nitrogens with one attached hydrogen (secondary N) is 1. The molecule has 1 aromatic heterocycles. The van der Waals surface area contributed by atoms with E-state index in [9.17, 15) is 0 Å². The van der Waals surface area contributed by atoms with Crippen molar-refractivity contribution in [3.05, 3.63) is 64.4 Å². The van der Waals surface area contributed by atoms with Crippen LogP contribution in [-0.4, -0.2) is 15.2 Å². The van der Waals surface area contributed by atoms with Gasteiger partial charge in [-0.15, -0.1) is 0 Å². The van der Waals surface area contributed by atoms with Crippen molar-refractivity contribution in [3.63, 3.8) is 0 Å². The molecule has 0 spiro atoms. The van der Waals surface area contributed by atoms with Crippen LogP contribution < -0.4 is 0 Å². The third kappa shape index (κ3) is 2.90. The van der Waals surface area contributed by atoms with Crippen LogP contribution in [0.25, 0.3) is 22.5 Å². The van der Waals surface area contributed by atoms with Crippen molar-refractivity contribution in [2.24, 2.45) is 0 Å². The molecule has 4 heteroatoms. The number of aromatic amines is 1. The van der Waals surface area contributed by atoms with E-state index in [1.165, 1.54) is 11.1 Å². The maximum Gasteiger partial charge on any atom is 0.214 e. The first-order valence-corrected chi connectivity index (χ1v) is 7.15. The third-order valence-corrected chi connectivity index (χ3v) is 3.53. The number of nitrogens with zero attached hydrogens (tertiary/aromatic N) is 2. The number of hydrogen-bond acceptors (Lipinski definition) is 3. The quantitative estimate of drug-likeness (QED) is 0.708. The average Bonchev–Trinajstić information content (AvgIpc) is 2.49. The summed E-state index contributed by atoms with van der Waals surface area (Å²) in [5.74, 6) is 0. The molecule has 21 heavy (non-hydrogen) atoms. The Hall–Kier alpha value is -2.33. The highest BCUT2D eigenvalue weighted by molar-refractivity contribution is 7.71. The van der Waals surface area contributed by atoms with E-state index >= 15 is 0 Å². The molecule has 3 aromatic rings. The normalized spacial score (nSPS) is 10.6. The van der Waals surface area contributed by atoms with Crippen LogP contribution in [0.5, 0.6) is 0 Å². The molecule has 0 bridgehead atoms. The van der Waals surface area contributed by atoms with Crippen LogP contribution in [0.3, 0.4) is 0 Å². The van der Waals surface area contributed by atoms with Crippen LogP contribution in [0.4, 0.5) is 0 Å². The summed E-state index contributed by atoms with van der Waals surface area (Å²) in [7, 11) is 0. The highest BCUT2D eigenvalue weighted by Gasteiger charge is 2.11. The summed E-state index contributed by atoms with van der Waals surface area (Å²) in [6, 6.07) is 16.5. The predicted octanol–water partition coefficient (Wildman–Crippen LogP) is 4.49. The van der Waals surface area contributed by atoms with E-state index in [0.717, 1.165) is 22.5 Å². The maximum atomic E-state index is 5.13. The smallest absolute Gasteiger partial charge is 0.214 e. The second kappa shape index (κ2) is 5.58. The second-order valence-electron chi connectivity index (χ2n) is 5.07. The van der Waals surface area contributed by atoms with Crippen molar-refractivity contribution in [3.8, 4) is 22.5 Å². The van der Waals surface area contributed by atoms with E-state index in [0.29, 0.717) is 4.77 Å². The molecule has 0 fully saturated rings. The van der Waals surface area contributed by atoms with Gasteiger partial charge >= 0.3 is 0 Å². The number of aryl methyl sites for hydroxylation is 2. The molecule has 0 saturated carbocycles. The Morgan fingerprint density at radius 3 is 1.76 bits per heavy atom. The van der Waals surface area contributed by atoms with Crippen molar-refractivity contribution in [2.75, 3.05) is 0 Å². The molecule has 0 atom stereocenters. The van der Waals surface area contributed by atoms with Crippen molar-refractivity contribution >= 4 is 12.2 Å². The largest absolute Gasteiger partial charge is 0.251 e. The monoisotopic (exact) mass is 293 g/mol. The van der Waals surface area contributed by atoms with Gasteiger partial charge in [0.1, 0.15) is 11.4 Å². The topological polar surface area (TPSA) is 41.6 Å². The van der Waals surface area contributed by atoms with Gasteiger partial charge in [0, 0.05) is 11.1 Å². The lowest BCUT2D eigenvalue weighted by Crippen LogP contribution is -1.97. The van der Waals surface area contributed by atoms with Gasteiger partial charge < -0.3 is 0 Å². The van der Waals surface area contributed by atoms with Crippen LogP contribution in [0, 0.1) is 18.6 Å². The van der Waals surface area contributed by atoms with Gasteiger partial charge in [-0.2, -0.15) is 5.10 Å². The fourth-order valence-electron chi connectivity index (χ4n) is 2.16. The minimum absolute atomic E-state index is 0.390. The first-order chi connectivity index (χ1) is 10.1. The molecule has 0 unspecified atom stereocenters. The molecule has 1 N–H and O–H groups in total. The van der Waals surface area contributed by atoms with Crippen LogP contribution in [-0.2, 0) is 0 Å². The number of aromatic nitrogens is 3. The zero-order valence-electron chi connectivity index (χ0n) is 11.9. The SMILES string of the molecule is Cc1ccc(-c2n[nH]c(=S)nc2-c2ccc(C)cc2)cc1. The van der Waals surface area contributed by atoms with Crippen molar-refractivity contribution in [1.82, 2.24) is 15.2 Å². The highest BCUT2D eigenvalue weighted by atomic mass is 32.1. The summed E-state index contributed by atoms with van der Waals surface area (Å²) in [5.41, 5.74) is 6.09. The van der Waals surface area contributed by atoms with E-state index in [4.69, 9.17) is 12.2 Å². The molecule has 3 nitrogen and oxygen atoms in total. The summed E-state index contributed by atoms with van der Waals surface area (Å²) >= 11 is 5.13. The Labute approximate surface area is 128 Å². The van der Waals surface area contributed by atoms with E-state index in [1.54, 1.807) is 0 Å². The molecule has 104 valence electrons. The molecule has 3 rings (SSSR count). The van der Waals surface area contributed by atoms with Crippen molar-refractivity contribution in [2.45, 2.75) is 13.8 Å². The van der Waals surface area contributed by atoms with Gasteiger partial charge in [0.2, 0.25) is 4.77 Å². The Bertz CT molecular complexity index is 818. The zero-order valence-corrected chi connectivity index (χ0v) is 12.7. The van der Waals surface area contributed by atoms with Crippen LogP contribution in [0.15, 0.2) is 48.5 Å². The van der Waals surface area contributed by atoms with Gasteiger partial charge in [-0.25, -0.2) is 4.98 Å². The van der Waals surface area contributed by atoms with Gasteiger partial charge in [-0.1, -0.05) is 59.7 Å². The van der Waals surface area contributed by atoms with Crippen LogP contribution in [0.1, 0.15) is 11.1 Å². The predicted molar refractivity (Wildman–Crippen MR) is 87.6 cm³/mol. The van der Waals surface area contributed by atoms with Gasteiger partial charge in [-0.05, 0) is 26.1 Å². The Balaban J connectivity index is 2.19. The average molecular weight is 293 g/mol.